The number of carbonyl (C=O) groups is 1. The number of hydrogen-bond donors (Lipinski definition) is 2. The number of amides is 1. The number of nitrogens with two attached hydrogens (primary N) is 1. The van der Waals surface area contributed by atoms with Crippen LogP contribution in [0.4, 0.5) is 5.13 Å². The summed E-state index contributed by atoms with van der Waals surface area (Å²) in [6.45, 7) is 1.35. The zero-order valence-electron chi connectivity index (χ0n) is 10.6. The van der Waals surface area contributed by atoms with E-state index >= 15 is 0 Å². The van der Waals surface area contributed by atoms with Gasteiger partial charge in [0.1, 0.15) is 0 Å². The molecule has 1 saturated carbocycles. The molecule has 2 heterocycles. The number of nitrogens with one attached hydrogen (secondary N) is 1. The van der Waals surface area contributed by atoms with Crippen LogP contribution in [0.25, 0.3) is 0 Å². The predicted molar refractivity (Wildman–Crippen MR) is 76.7 cm³/mol. The molecule has 0 radical (unpaired) electrons. The van der Waals surface area contributed by atoms with Gasteiger partial charge in [-0.2, -0.15) is 0 Å². The van der Waals surface area contributed by atoms with Gasteiger partial charge in [-0.05, 0) is 19.3 Å². The highest BCUT2D eigenvalue weighted by Crippen LogP contribution is 2.29. The minimum absolute atomic E-state index is 0. The molecule has 19 heavy (non-hydrogen) atoms. The van der Waals surface area contributed by atoms with Gasteiger partial charge >= 0.3 is 0 Å². The molecule has 0 aromatic carbocycles. The van der Waals surface area contributed by atoms with Gasteiger partial charge in [0.15, 0.2) is 5.13 Å². The highest BCUT2D eigenvalue weighted by molar-refractivity contribution is 7.15. The molecule has 0 saturated heterocycles. The van der Waals surface area contributed by atoms with Crippen LogP contribution in [0.5, 0.6) is 0 Å². The quantitative estimate of drug-likeness (QED) is 0.872. The zero-order chi connectivity index (χ0) is 12.5. The van der Waals surface area contributed by atoms with Crippen LogP contribution in [0.1, 0.15) is 29.8 Å². The second kappa shape index (κ2) is 6.17. The molecule has 7 heteroatoms. The maximum Gasteiger partial charge on any atom is 0.229 e. The predicted octanol–water partition coefficient (Wildman–Crippen LogP) is 1.70. The van der Waals surface area contributed by atoms with Gasteiger partial charge < -0.3 is 15.8 Å². The average molecular weight is 304 g/mol. The van der Waals surface area contributed by atoms with E-state index in [0.717, 1.165) is 42.9 Å². The third kappa shape index (κ3) is 3.25. The minimum Gasteiger partial charge on any atom is -0.375 e. The molecule has 1 fully saturated rings. The summed E-state index contributed by atoms with van der Waals surface area (Å²) in [5.41, 5.74) is 6.90. The van der Waals surface area contributed by atoms with Crippen LogP contribution in [0.3, 0.4) is 0 Å². The molecule has 1 amide bonds. The number of rotatable bonds is 2. The molecule has 3 N–H and O–H groups in total. The van der Waals surface area contributed by atoms with Gasteiger partial charge in [0.05, 0.1) is 23.8 Å². The van der Waals surface area contributed by atoms with E-state index in [1.54, 1.807) is 0 Å². The van der Waals surface area contributed by atoms with E-state index in [1.807, 2.05) is 0 Å². The Hall–Kier alpha value is -0.690. The van der Waals surface area contributed by atoms with Crippen LogP contribution >= 0.6 is 23.7 Å². The van der Waals surface area contributed by atoms with Crippen molar-refractivity contribution >= 4 is 34.8 Å². The summed E-state index contributed by atoms with van der Waals surface area (Å²) in [5.74, 6) is 0.118. The van der Waals surface area contributed by atoms with Gasteiger partial charge in [-0.3, -0.25) is 4.79 Å². The van der Waals surface area contributed by atoms with Crippen molar-refractivity contribution in [3.05, 3.63) is 10.6 Å². The van der Waals surface area contributed by atoms with Crippen LogP contribution < -0.4 is 11.1 Å². The number of fused-ring (bicyclic) bond motifs is 1. The summed E-state index contributed by atoms with van der Waals surface area (Å²) >= 11 is 1.52. The summed E-state index contributed by atoms with van der Waals surface area (Å²) in [6.07, 6.45) is 3.47. The Morgan fingerprint density at radius 2 is 2.32 bits per heavy atom. The number of aromatic nitrogens is 1. The Morgan fingerprint density at radius 1 is 1.47 bits per heavy atom. The number of anilines is 1. The topological polar surface area (TPSA) is 77.2 Å². The lowest BCUT2D eigenvalue weighted by molar-refractivity contribution is -0.119. The van der Waals surface area contributed by atoms with Crippen molar-refractivity contribution in [3.8, 4) is 0 Å². The summed E-state index contributed by atoms with van der Waals surface area (Å²) in [5, 5.41) is 3.62. The van der Waals surface area contributed by atoms with Crippen molar-refractivity contribution in [3.63, 3.8) is 0 Å². The van der Waals surface area contributed by atoms with Gasteiger partial charge in [0.25, 0.3) is 0 Å². The second-order valence-corrected chi connectivity index (χ2v) is 6.03. The van der Waals surface area contributed by atoms with Crippen LogP contribution in [0.2, 0.25) is 0 Å². The fourth-order valence-corrected chi connectivity index (χ4v) is 3.49. The molecule has 2 unspecified atom stereocenters. The highest BCUT2D eigenvalue weighted by atomic mass is 35.5. The van der Waals surface area contributed by atoms with Crippen molar-refractivity contribution in [2.75, 3.05) is 11.9 Å². The molecule has 2 aliphatic rings. The zero-order valence-corrected chi connectivity index (χ0v) is 12.2. The largest absolute Gasteiger partial charge is 0.375 e. The SMILES string of the molecule is Cl.NC1CCC(C(=O)Nc2nc3c(s2)COCC3)C1. The van der Waals surface area contributed by atoms with Gasteiger partial charge in [0, 0.05) is 18.4 Å². The normalized spacial score (nSPS) is 25.5. The molecule has 0 spiro atoms. The molecule has 1 aromatic rings. The lowest BCUT2D eigenvalue weighted by Gasteiger charge is -2.08. The third-order valence-corrected chi connectivity index (χ3v) is 4.56. The molecule has 3 rings (SSSR count). The van der Waals surface area contributed by atoms with E-state index in [2.05, 4.69) is 10.3 Å². The molecule has 5 nitrogen and oxygen atoms in total. The number of halogens is 1. The Labute approximate surface area is 122 Å². The smallest absolute Gasteiger partial charge is 0.229 e. The molecule has 0 bridgehead atoms. The van der Waals surface area contributed by atoms with Crippen molar-refractivity contribution in [1.82, 2.24) is 4.98 Å². The van der Waals surface area contributed by atoms with Crippen LogP contribution in [0.15, 0.2) is 0 Å². The fraction of sp³-hybridized carbons (Fsp3) is 0.667. The summed E-state index contributed by atoms with van der Waals surface area (Å²) in [4.78, 5) is 17.6. The van der Waals surface area contributed by atoms with E-state index < -0.39 is 0 Å². The Morgan fingerprint density at radius 3 is 3.00 bits per heavy atom. The lowest BCUT2D eigenvalue weighted by atomic mass is 10.1. The van der Waals surface area contributed by atoms with Crippen LogP contribution in [-0.4, -0.2) is 23.5 Å². The molecule has 106 valence electrons. The number of carbonyl (C=O) groups excluding carboxylic acids is 1. The van der Waals surface area contributed by atoms with Gasteiger partial charge in [-0.25, -0.2) is 4.98 Å². The third-order valence-electron chi connectivity index (χ3n) is 3.57. The molecule has 1 aliphatic heterocycles. The first-order chi connectivity index (χ1) is 8.72. The van der Waals surface area contributed by atoms with Gasteiger partial charge in [-0.15, -0.1) is 12.4 Å². The monoisotopic (exact) mass is 303 g/mol. The number of nitrogens with zero attached hydrogens (tertiary/aromatic N) is 1. The number of ether oxygens (including phenoxy) is 1. The van der Waals surface area contributed by atoms with E-state index in [1.165, 1.54) is 11.3 Å². The van der Waals surface area contributed by atoms with Crippen molar-refractivity contribution in [2.45, 2.75) is 38.3 Å². The summed E-state index contributed by atoms with van der Waals surface area (Å²) in [6, 6.07) is 0.179. The molecular weight excluding hydrogens is 286 g/mol. The van der Waals surface area contributed by atoms with E-state index in [9.17, 15) is 4.79 Å². The second-order valence-electron chi connectivity index (χ2n) is 4.95. The van der Waals surface area contributed by atoms with Crippen LogP contribution in [0, 0.1) is 5.92 Å². The van der Waals surface area contributed by atoms with Crippen molar-refractivity contribution in [1.29, 1.82) is 0 Å². The number of thiazole rings is 1. The number of hydrogen-bond acceptors (Lipinski definition) is 5. The molecular formula is C12H18ClN3O2S. The minimum atomic E-state index is 0. The molecule has 1 aliphatic carbocycles. The summed E-state index contributed by atoms with van der Waals surface area (Å²) in [7, 11) is 0. The van der Waals surface area contributed by atoms with E-state index in [0.29, 0.717) is 11.7 Å². The Balaban J connectivity index is 0.00000133. The standard InChI is InChI=1S/C12H17N3O2S.ClH/c13-8-2-1-7(5-8)11(16)15-12-14-9-3-4-17-6-10(9)18-12;/h7-8H,1-6,13H2,(H,14,15,16);1H. The molecule has 2 atom stereocenters. The first-order valence-corrected chi connectivity index (χ1v) is 7.17. The van der Waals surface area contributed by atoms with E-state index in [-0.39, 0.29) is 30.3 Å². The van der Waals surface area contributed by atoms with Gasteiger partial charge in [0.2, 0.25) is 5.91 Å². The van der Waals surface area contributed by atoms with Gasteiger partial charge in [-0.1, -0.05) is 11.3 Å². The maximum atomic E-state index is 12.0. The fourth-order valence-electron chi connectivity index (χ4n) is 2.54. The van der Waals surface area contributed by atoms with Crippen molar-refractivity contribution < 1.29 is 9.53 Å². The first-order valence-electron chi connectivity index (χ1n) is 6.35. The van der Waals surface area contributed by atoms with E-state index in [4.69, 9.17) is 10.5 Å². The summed E-state index contributed by atoms with van der Waals surface area (Å²) < 4.78 is 5.37. The Bertz CT molecular complexity index is 442. The first kappa shape index (κ1) is 14.7. The average Bonchev–Trinajstić information content (AvgIpc) is 2.94. The molecule has 1 aromatic heterocycles. The highest BCUT2D eigenvalue weighted by Gasteiger charge is 2.28. The van der Waals surface area contributed by atoms with Crippen LogP contribution in [-0.2, 0) is 22.6 Å². The lowest BCUT2D eigenvalue weighted by Crippen LogP contribution is -2.23. The van der Waals surface area contributed by atoms with Crippen molar-refractivity contribution in [2.24, 2.45) is 11.7 Å². The maximum absolute atomic E-state index is 12.0. The Kier molecular flexibility index (Phi) is 4.78.